The Morgan fingerprint density at radius 3 is 2.42 bits per heavy atom. The number of fused-ring (bicyclic) bond motifs is 1. The van der Waals surface area contributed by atoms with E-state index in [-0.39, 0.29) is 19.0 Å². The molecule has 0 radical (unpaired) electrons. The number of aromatic nitrogens is 2. The smallest absolute Gasteiger partial charge is 0.449 e. The van der Waals surface area contributed by atoms with Crippen molar-refractivity contribution in [2.24, 2.45) is 0 Å². The van der Waals surface area contributed by atoms with Gasteiger partial charge in [0.25, 0.3) is 0 Å². The Hall–Kier alpha value is -2.57. The highest BCUT2D eigenvalue weighted by molar-refractivity contribution is 5.76. The molecule has 7 heteroatoms. The molecule has 1 heterocycles. The fraction of sp³-hybridized carbons (Fsp3) is 0.235. The molecule has 0 aliphatic rings. The summed E-state index contributed by atoms with van der Waals surface area (Å²) in [6, 6.07) is 12.0. The van der Waals surface area contributed by atoms with E-state index in [9.17, 15) is 17.6 Å². The minimum Gasteiger partial charge on any atom is -0.494 e. The van der Waals surface area contributed by atoms with Crippen LogP contribution in [0.2, 0.25) is 0 Å². The Morgan fingerprint density at radius 1 is 1.00 bits per heavy atom. The van der Waals surface area contributed by atoms with Gasteiger partial charge in [0.15, 0.2) is 0 Å². The number of alkyl halides is 3. The molecule has 3 aromatic rings. The molecule has 0 saturated heterocycles. The maximum Gasteiger partial charge on any atom is 0.449 e. The van der Waals surface area contributed by atoms with Crippen LogP contribution in [0, 0.1) is 5.82 Å². The van der Waals surface area contributed by atoms with Crippen LogP contribution in [0.1, 0.15) is 12.2 Å². The highest BCUT2D eigenvalue weighted by Crippen LogP contribution is 2.31. The summed E-state index contributed by atoms with van der Waals surface area (Å²) in [5.74, 6) is -0.810. The molecule has 126 valence electrons. The third kappa shape index (κ3) is 3.50. The number of hydrogen-bond donors (Lipinski definition) is 0. The second kappa shape index (κ2) is 6.51. The number of hydrogen-bond acceptors (Lipinski definition) is 2. The monoisotopic (exact) mass is 338 g/mol. The van der Waals surface area contributed by atoms with E-state index in [1.54, 1.807) is 24.3 Å². The third-order valence-corrected chi connectivity index (χ3v) is 3.52. The van der Waals surface area contributed by atoms with Crippen LogP contribution in [-0.2, 0) is 12.7 Å². The maximum absolute atomic E-state index is 13.1. The lowest BCUT2D eigenvalue weighted by molar-refractivity contribution is -0.147. The molecule has 0 atom stereocenters. The van der Waals surface area contributed by atoms with Gasteiger partial charge in [0.05, 0.1) is 17.6 Å². The van der Waals surface area contributed by atoms with E-state index >= 15 is 0 Å². The van der Waals surface area contributed by atoms with Crippen molar-refractivity contribution in [1.82, 2.24) is 9.55 Å². The Balaban J connectivity index is 1.71. The molecule has 3 rings (SSSR count). The van der Waals surface area contributed by atoms with Crippen LogP contribution in [0.4, 0.5) is 17.6 Å². The molecular weight excluding hydrogens is 324 g/mol. The Kier molecular flexibility index (Phi) is 4.42. The van der Waals surface area contributed by atoms with Crippen LogP contribution in [0.5, 0.6) is 5.75 Å². The first kappa shape index (κ1) is 16.3. The van der Waals surface area contributed by atoms with Crippen LogP contribution in [-0.4, -0.2) is 16.2 Å². The normalized spacial score (nSPS) is 11.8. The van der Waals surface area contributed by atoms with E-state index < -0.39 is 12.0 Å². The topological polar surface area (TPSA) is 27.1 Å². The molecule has 0 unspecified atom stereocenters. The number of aryl methyl sites for hydroxylation is 1. The Morgan fingerprint density at radius 2 is 1.71 bits per heavy atom. The number of nitrogens with zero attached hydrogens (tertiary/aromatic N) is 2. The number of rotatable bonds is 5. The summed E-state index contributed by atoms with van der Waals surface area (Å²) in [7, 11) is 0. The standard InChI is InChI=1S/C17H14F4N2O/c18-12-6-8-13(9-7-12)24-11-3-10-23-15-5-2-1-4-14(15)22-16(23)17(19,20)21/h1-2,4-9H,3,10-11H2. The van der Waals surface area contributed by atoms with Crippen LogP contribution < -0.4 is 4.74 Å². The van der Waals surface area contributed by atoms with Crippen LogP contribution in [0.25, 0.3) is 11.0 Å². The number of imidazole rings is 1. The SMILES string of the molecule is Fc1ccc(OCCCn2c(C(F)(F)F)nc3ccccc32)cc1. The van der Waals surface area contributed by atoms with Crippen molar-refractivity contribution in [1.29, 1.82) is 0 Å². The largest absolute Gasteiger partial charge is 0.494 e. The first-order chi connectivity index (χ1) is 11.4. The molecule has 0 saturated carbocycles. The number of benzene rings is 2. The van der Waals surface area contributed by atoms with Crippen LogP contribution in [0.3, 0.4) is 0 Å². The minimum absolute atomic E-state index is 0.122. The van der Waals surface area contributed by atoms with Gasteiger partial charge in [0.1, 0.15) is 11.6 Å². The molecule has 0 aliphatic heterocycles. The molecule has 0 N–H and O–H groups in total. The Bertz CT molecular complexity index is 825. The van der Waals surface area contributed by atoms with Crippen molar-refractivity contribution < 1.29 is 22.3 Å². The zero-order valence-corrected chi connectivity index (χ0v) is 12.6. The summed E-state index contributed by atoms with van der Waals surface area (Å²) >= 11 is 0. The zero-order valence-electron chi connectivity index (χ0n) is 12.6. The molecule has 0 amide bonds. The molecule has 2 aromatic carbocycles. The number of halogens is 4. The van der Waals surface area contributed by atoms with Gasteiger partial charge in [-0.25, -0.2) is 9.37 Å². The molecule has 24 heavy (non-hydrogen) atoms. The molecule has 0 spiro atoms. The van der Waals surface area contributed by atoms with Gasteiger partial charge in [-0.05, 0) is 42.8 Å². The average molecular weight is 338 g/mol. The van der Waals surface area contributed by atoms with Gasteiger partial charge < -0.3 is 9.30 Å². The second-order valence-electron chi connectivity index (χ2n) is 5.23. The van der Waals surface area contributed by atoms with Crippen molar-refractivity contribution >= 4 is 11.0 Å². The van der Waals surface area contributed by atoms with Crippen LogP contribution >= 0.6 is 0 Å². The van der Waals surface area contributed by atoms with Crippen molar-refractivity contribution in [2.75, 3.05) is 6.61 Å². The summed E-state index contributed by atoms with van der Waals surface area (Å²) in [4.78, 5) is 3.69. The average Bonchev–Trinajstić information content (AvgIpc) is 2.92. The van der Waals surface area contributed by atoms with Gasteiger partial charge in [-0.1, -0.05) is 12.1 Å². The van der Waals surface area contributed by atoms with Gasteiger partial charge in [-0.3, -0.25) is 0 Å². The molecule has 0 aliphatic carbocycles. The zero-order chi connectivity index (χ0) is 17.2. The van der Waals surface area contributed by atoms with E-state index in [1.807, 2.05) is 0 Å². The Labute approximate surface area is 135 Å². The lowest BCUT2D eigenvalue weighted by atomic mass is 10.3. The van der Waals surface area contributed by atoms with Crippen molar-refractivity contribution in [3.63, 3.8) is 0 Å². The molecule has 3 nitrogen and oxygen atoms in total. The highest BCUT2D eigenvalue weighted by Gasteiger charge is 2.37. The summed E-state index contributed by atoms with van der Waals surface area (Å²) in [5.41, 5.74) is 0.746. The fourth-order valence-electron chi connectivity index (χ4n) is 2.46. The first-order valence-corrected chi connectivity index (χ1v) is 7.36. The van der Waals surface area contributed by atoms with Crippen LogP contribution in [0.15, 0.2) is 48.5 Å². The minimum atomic E-state index is -4.52. The van der Waals surface area contributed by atoms with Crippen molar-refractivity contribution in [2.45, 2.75) is 19.1 Å². The van der Waals surface area contributed by atoms with Gasteiger partial charge in [0, 0.05) is 6.54 Å². The lowest BCUT2D eigenvalue weighted by Crippen LogP contribution is -2.16. The molecule has 0 fully saturated rings. The molecular formula is C17H14F4N2O. The fourth-order valence-corrected chi connectivity index (χ4v) is 2.46. The first-order valence-electron chi connectivity index (χ1n) is 7.36. The van der Waals surface area contributed by atoms with Gasteiger partial charge in [-0.15, -0.1) is 0 Å². The van der Waals surface area contributed by atoms with E-state index in [0.29, 0.717) is 23.2 Å². The molecule has 0 bridgehead atoms. The van der Waals surface area contributed by atoms with E-state index in [4.69, 9.17) is 4.74 Å². The quantitative estimate of drug-likeness (QED) is 0.500. The highest BCUT2D eigenvalue weighted by atomic mass is 19.4. The summed E-state index contributed by atoms with van der Waals surface area (Å²) < 4.78 is 58.8. The summed E-state index contributed by atoms with van der Waals surface area (Å²) in [6.45, 7) is 0.339. The number of para-hydroxylation sites is 2. The van der Waals surface area contributed by atoms with Crippen molar-refractivity contribution in [3.8, 4) is 5.75 Å². The van der Waals surface area contributed by atoms with E-state index in [0.717, 1.165) is 4.57 Å². The lowest BCUT2D eigenvalue weighted by Gasteiger charge is -2.12. The predicted molar refractivity (Wildman–Crippen MR) is 81.2 cm³/mol. The summed E-state index contributed by atoms with van der Waals surface area (Å²) in [5, 5.41) is 0. The third-order valence-electron chi connectivity index (χ3n) is 3.52. The van der Waals surface area contributed by atoms with Gasteiger partial charge in [0.2, 0.25) is 5.82 Å². The van der Waals surface area contributed by atoms with Gasteiger partial charge >= 0.3 is 6.18 Å². The number of ether oxygens (including phenoxy) is 1. The second-order valence-corrected chi connectivity index (χ2v) is 5.23. The summed E-state index contributed by atoms with van der Waals surface area (Å²) in [6.07, 6.45) is -4.16. The van der Waals surface area contributed by atoms with Crippen molar-refractivity contribution in [3.05, 3.63) is 60.2 Å². The van der Waals surface area contributed by atoms with E-state index in [1.165, 1.54) is 24.3 Å². The molecule has 1 aromatic heterocycles. The van der Waals surface area contributed by atoms with Gasteiger partial charge in [-0.2, -0.15) is 13.2 Å². The maximum atomic E-state index is 13.1. The predicted octanol–water partition coefficient (Wildman–Crippen LogP) is 4.66. The van der Waals surface area contributed by atoms with E-state index in [2.05, 4.69) is 4.98 Å².